The fraction of sp³-hybridized carbons (Fsp3) is 0.250. The Morgan fingerprint density at radius 1 is 1.05 bits per heavy atom. The van der Waals surface area contributed by atoms with Gasteiger partial charge in [0.05, 0.1) is 0 Å². The van der Waals surface area contributed by atoms with Crippen LogP contribution < -0.4 is 10.5 Å². The van der Waals surface area contributed by atoms with Gasteiger partial charge in [0.15, 0.2) is 0 Å². The molecule has 0 aromatic heterocycles. The summed E-state index contributed by atoms with van der Waals surface area (Å²) in [6.07, 6.45) is 0. The predicted molar refractivity (Wildman–Crippen MR) is 82.3 cm³/mol. The van der Waals surface area contributed by atoms with Gasteiger partial charge in [-0.1, -0.05) is 40.2 Å². The van der Waals surface area contributed by atoms with Crippen molar-refractivity contribution in [3.63, 3.8) is 0 Å². The molecule has 0 saturated heterocycles. The highest BCUT2D eigenvalue weighted by atomic mass is 79.9. The Balaban J connectivity index is 2.16. The highest BCUT2D eigenvalue weighted by Crippen LogP contribution is 2.26. The number of nitrogens with two attached hydrogens (primary N) is 1. The Bertz CT molecular complexity index is 558. The summed E-state index contributed by atoms with van der Waals surface area (Å²) >= 11 is 3.47. The number of ether oxygens (including phenoxy) is 1. The minimum Gasteiger partial charge on any atom is -0.488 e. The van der Waals surface area contributed by atoms with Crippen molar-refractivity contribution >= 4 is 15.9 Å². The third kappa shape index (κ3) is 3.58. The predicted octanol–water partition coefficient (Wildman–Crippen LogP) is 4.10. The molecule has 3 heteroatoms. The lowest BCUT2D eigenvalue weighted by Crippen LogP contribution is -2.02. The van der Waals surface area contributed by atoms with Crippen LogP contribution in [0.15, 0.2) is 40.9 Å². The van der Waals surface area contributed by atoms with E-state index in [-0.39, 0.29) is 0 Å². The first-order chi connectivity index (χ1) is 9.10. The van der Waals surface area contributed by atoms with Crippen molar-refractivity contribution in [1.82, 2.24) is 0 Å². The summed E-state index contributed by atoms with van der Waals surface area (Å²) in [6.45, 7) is 5.25. The van der Waals surface area contributed by atoms with E-state index in [1.54, 1.807) is 0 Å². The van der Waals surface area contributed by atoms with Crippen molar-refractivity contribution in [3.8, 4) is 5.75 Å². The van der Waals surface area contributed by atoms with Gasteiger partial charge in [-0.3, -0.25) is 0 Å². The van der Waals surface area contributed by atoms with Gasteiger partial charge in [0.2, 0.25) is 0 Å². The van der Waals surface area contributed by atoms with Gasteiger partial charge in [-0.15, -0.1) is 0 Å². The minimum atomic E-state index is 0.563. The van der Waals surface area contributed by atoms with Crippen LogP contribution in [0.25, 0.3) is 0 Å². The van der Waals surface area contributed by atoms with Crippen molar-refractivity contribution in [2.24, 2.45) is 5.73 Å². The van der Waals surface area contributed by atoms with Crippen LogP contribution in [0, 0.1) is 13.8 Å². The van der Waals surface area contributed by atoms with Crippen LogP contribution in [0.3, 0.4) is 0 Å². The van der Waals surface area contributed by atoms with Gasteiger partial charge < -0.3 is 10.5 Å². The van der Waals surface area contributed by atoms with Crippen LogP contribution in [-0.2, 0) is 13.2 Å². The lowest BCUT2D eigenvalue weighted by Gasteiger charge is -2.14. The Morgan fingerprint density at radius 3 is 2.32 bits per heavy atom. The fourth-order valence-electron chi connectivity index (χ4n) is 2.17. The molecule has 0 spiro atoms. The first-order valence-electron chi connectivity index (χ1n) is 6.27. The fourth-order valence-corrected chi connectivity index (χ4v) is 2.61. The summed E-state index contributed by atoms with van der Waals surface area (Å²) < 4.78 is 7.02. The Morgan fingerprint density at radius 2 is 1.74 bits per heavy atom. The second kappa shape index (κ2) is 6.22. The van der Waals surface area contributed by atoms with Crippen molar-refractivity contribution in [2.75, 3.05) is 0 Å². The molecule has 2 rings (SSSR count). The highest BCUT2D eigenvalue weighted by molar-refractivity contribution is 9.10. The summed E-state index contributed by atoms with van der Waals surface area (Å²) in [4.78, 5) is 0. The average molecular weight is 320 g/mol. The first-order valence-corrected chi connectivity index (χ1v) is 7.07. The van der Waals surface area contributed by atoms with E-state index in [0.29, 0.717) is 13.2 Å². The van der Waals surface area contributed by atoms with E-state index < -0.39 is 0 Å². The van der Waals surface area contributed by atoms with Crippen LogP contribution in [0.5, 0.6) is 5.75 Å². The van der Waals surface area contributed by atoms with Crippen LogP contribution in [0.4, 0.5) is 0 Å². The molecule has 0 aliphatic heterocycles. The van der Waals surface area contributed by atoms with Gasteiger partial charge in [0, 0.05) is 11.0 Å². The van der Waals surface area contributed by atoms with Gasteiger partial charge in [-0.05, 0) is 48.2 Å². The lowest BCUT2D eigenvalue weighted by molar-refractivity contribution is 0.302. The van der Waals surface area contributed by atoms with E-state index in [1.165, 1.54) is 0 Å². The van der Waals surface area contributed by atoms with Gasteiger partial charge in [0.1, 0.15) is 12.4 Å². The van der Waals surface area contributed by atoms with Crippen LogP contribution in [-0.4, -0.2) is 0 Å². The molecule has 0 atom stereocenters. The molecular weight excluding hydrogens is 302 g/mol. The molecule has 2 nitrogen and oxygen atoms in total. The number of aryl methyl sites for hydroxylation is 2. The van der Waals surface area contributed by atoms with Crippen LogP contribution in [0.1, 0.15) is 22.3 Å². The maximum atomic E-state index is 5.95. The molecule has 0 saturated carbocycles. The molecule has 0 amide bonds. The first kappa shape index (κ1) is 14.1. The average Bonchev–Trinajstić information content (AvgIpc) is 2.37. The maximum absolute atomic E-state index is 5.95. The normalized spacial score (nSPS) is 10.5. The van der Waals surface area contributed by atoms with Crippen LogP contribution >= 0.6 is 15.9 Å². The maximum Gasteiger partial charge on any atom is 0.125 e. The number of hydrogen-bond donors (Lipinski definition) is 1. The Labute approximate surface area is 122 Å². The third-order valence-electron chi connectivity index (χ3n) is 3.03. The number of hydrogen-bond acceptors (Lipinski definition) is 2. The molecule has 0 bridgehead atoms. The second-order valence-corrected chi connectivity index (χ2v) is 5.60. The van der Waals surface area contributed by atoms with Crippen molar-refractivity contribution in [1.29, 1.82) is 0 Å². The molecule has 0 radical (unpaired) electrons. The summed E-state index contributed by atoms with van der Waals surface area (Å²) in [5.41, 5.74) is 10.2. The zero-order chi connectivity index (χ0) is 13.8. The Hall–Kier alpha value is -1.32. The topological polar surface area (TPSA) is 35.2 Å². The molecular formula is C16H18BrNO. The largest absolute Gasteiger partial charge is 0.488 e. The molecule has 0 unspecified atom stereocenters. The van der Waals surface area contributed by atoms with Crippen molar-refractivity contribution < 1.29 is 4.74 Å². The molecule has 0 aliphatic rings. The minimum absolute atomic E-state index is 0.563. The monoisotopic (exact) mass is 319 g/mol. The molecule has 2 aromatic carbocycles. The van der Waals surface area contributed by atoms with E-state index in [9.17, 15) is 0 Å². The quantitative estimate of drug-likeness (QED) is 0.920. The lowest BCUT2D eigenvalue weighted by atomic mass is 10.1. The van der Waals surface area contributed by atoms with Crippen LogP contribution in [0.2, 0.25) is 0 Å². The number of rotatable bonds is 4. The van der Waals surface area contributed by atoms with Gasteiger partial charge in [0.25, 0.3) is 0 Å². The number of benzene rings is 2. The van der Waals surface area contributed by atoms with E-state index in [2.05, 4.69) is 54.0 Å². The molecule has 100 valence electrons. The molecule has 0 heterocycles. The zero-order valence-corrected chi connectivity index (χ0v) is 12.8. The summed E-state index contributed by atoms with van der Waals surface area (Å²) in [5.74, 6) is 0.956. The number of halogens is 1. The Kier molecular flexibility index (Phi) is 4.61. The molecule has 0 fully saturated rings. The molecule has 19 heavy (non-hydrogen) atoms. The third-order valence-corrected chi connectivity index (χ3v) is 3.52. The molecule has 2 N–H and O–H groups in total. The second-order valence-electron chi connectivity index (χ2n) is 4.68. The smallest absolute Gasteiger partial charge is 0.125 e. The van der Waals surface area contributed by atoms with Crippen molar-refractivity contribution in [3.05, 3.63) is 63.1 Å². The summed E-state index contributed by atoms with van der Waals surface area (Å²) in [7, 11) is 0. The summed E-state index contributed by atoms with van der Waals surface area (Å²) in [5, 5.41) is 0. The van der Waals surface area contributed by atoms with E-state index >= 15 is 0 Å². The molecule has 2 aromatic rings. The SMILES string of the molecule is Cc1cc(CN)cc(C)c1OCc1cccc(Br)c1. The van der Waals surface area contributed by atoms with Gasteiger partial charge in [-0.25, -0.2) is 0 Å². The van der Waals surface area contributed by atoms with E-state index in [0.717, 1.165) is 32.5 Å². The standard InChI is InChI=1S/C16H18BrNO/c1-11-6-14(9-18)7-12(2)16(11)19-10-13-4-3-5-15(17)8-13/h3-8H,9-10,18H2,1-2H3. The summed E-state index contributed by atoms with van der Waals surface area (Å²) in [6, 6.07) is 12.3. The van der Waals surface area contributed by atoms with Gasteiger partial charge in [-0.2, -0.15) is 0 Å². The zero-order valence-electron chi connectivity index (χ0n) is 11.2. The van der Waals surface area contributed by atoms with E-state index in [1.807, 2.05) is 12.1 Å². The van der Waals surface area contributed by atoms with Crippen molar-refractivity contribution in [2.45, 2.75) is 27.0 Å². The van der Waals surface area contributed by atoms with E-state index in [4.69, 9.17) is 10.5 Å². The van der Waals surface area contributed by atoms with Gasteiger partial charge >= 0.3 is 0 Å². The highest BCUT2D eigenvalue weighted by Gasteiger charge is 2.06. The molecule has 0 aliphatic carbocycles.